The largest absolute Gasteiger partial charge is 0.493 e. The molecular formula is C28H25FN2O4. The fourth-order valence-corrected chi connectivity index (χ4v) is 3.99. The summed E-state index contributed by atoms with van der Waals surface area (Å²) in [6.45, 7) is 2.69. The lowest BCUT2D eigenvalue weighted by molar-refractivity contribution is 0.0729. The van der Waals surface area contributed by atoms with Crippen LogP contribution in [0.3, 0.4) is 0 Å². The number of halogens is 1. The molecule has 4 rings (SSSR count). The van der Waals surface area contributed by atoms with Gasteiger partial charge in [0.1, 0.15) is 34.7 Å². The van der Waals surface area contributed by atoms with Gasteiger partial charge in [-0.15, -0.1) is 0 Å². The third kappa shape index (κ3) is 5.12. The first-order valence-corrected chi connectivity index (χ1v) is 11.4. The highest BCUT2D eigenvalue weighted by Crippen LogP contribution is 2.46. The van der Waals surface area contributed by atoms with Crippen LogP contribution in [-0.4, -0.2) is 12.6 Å². The van der Waals surface area contributed by atoms with E-state index in [-0.39, 0.29) is 22.8 Å². The van der Waals surface area contributed by atoms with E-state index in [0.29, 0.717) is 23.7 Å². The number of fused-ring (bicyclic) bond motifs is 1. The molecule has 1 heterocycles. The molecule has 0 radical (unpaired) electrons. The van der Waals surface area contributed by atoms with E-state index >= 15 is 0 Å². The number of para-hydroxylation sites is 1. The Hall–Kier alpha value is -4.31. The number of hydrogen-bond acceptors (Lipinski definition) is 6. The molecule has 1 aliphatic rings. The highest BCUT2D eigenvalue weighted by molar-refractivity contribution is 5.91. The number of allylic oxidation sites excluding steroid dienone is 1. The zero-order valence-electron chi connectivity index (χ0n) is 19.3. The molecule has 35 heavy (non-hydrogen) atoms. The summed E-state index contributed by atoms with van der Waals surface area (Å²) >= 11 is 0. The minimum Gasteiger partial charge on any atom is -0.493 e. The second-order valence-corrected chi connectivity index (χ2v) is 8.09. The summed E-state index contributed by atoms with van der Waals surface area (Å²) in [5, 5.41) is 9.87. The fraction of sp³-hybridized carbons (Fsp3) is 0.214. The van der Waals surface area contributed by atoms with Crippen LogP contribution in [0.4, 0.5) is 4.39 Å². The van der Waals surface area contributed by atoms with Gasteiger partial charge in [0.2, 0.25) is 5.88 Å². The van der Waals surface area contributed by atoms with Gasteiger partial charge in [-0.1, -0.05) is 56.2 Å². The van der Waals surface area contributed by atoms with E-state index in [0.717, 1.165) is 24.8 Å². The van der Waals surface area contributed by atoms with E-state index < -0.39 is 17.7 Å². The average molecular weight is 473 g/mol. The molecule has 0 amide bonds. The SMILES string of the molecule is CCCCCOc1ccccc1C1C(C#N)=C(N)Oc2cc(OC(=O)c3ccccc3F)ccc21. The van der Waals surface area contributed by atoms with Crippen molar-refractivity contribution in [1.82, 2.24) is 0 Å². The quantitative estimate of drug-likeness (QED) is 0.252. The Morgan fingerprint density at radius 2 is 1.86 bits per heavy atom. The first-order chi connectivity index (χ1) is 17.0. The molecule has 7 heteroatoms. The van der Waals surface area contributed by atoms with Crippen LogP contribution in [0.2, 0.25) is 0 Å². The van der Waals surface area contributed by atoms with Gasteiger partial charge in [0.05, 0.1) is 18.1 Å². The molecule has 1 atom stereocenters. The van der Waals surface area contributed by atoms with Gasteiger partial charge in [-0.25, -0.2) is 9.18 Å². The maximum absolute atomic E-state index is 14.0. The van der Waals surface area contributed by atoms with E-state index in [2.05, 4.69) is 13.0 Å². The smallest absolute Gasteiger partial charge is 0.346 e. The minimum absolute atomic E-state index is 0.0385. The molecule has 0 saturated carbocycles. The lowest BCUT2D eigenvalue weighted by Crippen LogP contribution is -2.21. The van der Waals surface area contributed by atoms with Gasteiger partial charge >= 0.3 is 5.97 Å². The summed E-state index contributed by atoms with van der Waals surface area (Å²) < 4.78 is 31.1. The first kappa shape index (κ1) is 23.8. The first-order valence-electron chi connectivity index (χ1n) is 11.4. The van der Waals surface area contributed by atoms with E-state index in [4.69, 9.17) is 19.9 Å². The van der Waals surface area contributed by atoms with E-state index in [1.807, 2.05) is 24.3 Å². The Balaban J connectivity index is 1.67. The monoisotopic (exact) mass is 472 g/mol. The number of hydrogen-bond donors (Lipinski definition) is 1. The van der Waals surface area contributed by atoms with Crippen molar-refractivity contribution in [3.05, 3.63) is 101 Å². The molecule has 0 spiro atoms. The van der Waals surface area contributed by atoms with Gasteiger partial charge in [0.15, 0.2) is 0 Å². The van der Waals surface area contributed by atoms with Gasteiger partial charge in [-0.05, 0) is 30.7 Å². The second-order valence-electron chi connectivity index (χ2n) is 8.09. The van der Waals surface area contributed by atoms with Gasteiger partial charge < -0.3 is 19.9 Å². The van der Waals surface area contributed by atoms with Crippen LogP contribution in [0.5, 0.6) is 17.2 Å². The van der Waals surface area contributed by atoms with Gasteiger partial charge in [-0.3, -0.25) is 0 Å². The van der Waals surface area contributed by atoms with E-state index in [9.17, 15) is 14.4 Å². The van der Waals surface area contributed by atoms with Crippen LogP contribution in [0.15, 0.2) is 78.2 Å². The standard InChI is InChI=1S/C28H25FN2O4/c1-2-3-8-15-33-24-12-7-5-10-20(24)26-21-14-13-18(16-25(21)35-27(31)22(26)17-30)34-28(32)19-9-4-6-11-23(19)29/h4-7,9-14,16,26H,2-3,8,15,31H2,1H3. The van der Waals surface area contributed by atoms with Gasteiger partial charge in [0.25, 0.3) is 0 Å². The van der Waals surface area contributed by atoms with Crippen molar-refractivity contribution in [2.24, 2.45) is 5.73 Å². The van der Waals surface area contributed by atoms with Crippen LogP contribution in [0, 0.1) is 17.1 Å². The van der Waals surface area contributed by atoms with Crippen molar-refractivity contribution in [2.45, 2.75) is 32.1 Å². The molecule has 178 valence electrons. The summed E-state index contributed by atoms with van der Waals surface area (Å²) in [6.07, 6.45) is 3.07. The number of nitriles is 1. The number of benzene rings is 3. The van der Waals surface area contributed by atoms with Gasteiger partial charge in [-0.2, -0.15) is 5.26 Å². The van der Waals surface area contributed by atoms with Gasteiger partial charge in [0, 0.05) is 17.2 Å². The van der Waals surface area contributed by atoms with Crippen molar-refractivity contribution in [1.29, 1.82) is 5.26 Å². The summed E-state index contributed by atoms with van der Waals surface area (Å²) in [5.74, 6) is -0.905. The summed E-state index contributed by atoms with van der Waals surface area (Å²) in [4.78, 5) is 12.4. The summed E-state index contributed by atoms with van der Waals surface area (Å²) in [5.41, 5.74) is 7.66. The Morgan fingerprint density at radius 3 is 2.63 bits per heavy atom. The molecule has 6 nitrogen and oxygen atoms in total. The number of unbranched alkanes of at least 4 members (excludes halogenated alkanes) is 2. The van der Waals surface area contributed by atoms with Crippen LogP contribution < -0.4 is 19.9 Å². The number of ether oxygens (including phenoxy) is 3. The normalized spacial score (nSPS) is 14.5. The van der Waals surface area contributed by atoms with Crippen LogP contribution >= 0.6 is 0 Å². The van der Waals surface area contributed by atoms with Crippen molar-refractivity contribution in [3.8, 4) is 23.3 Å². The van der Waals surface area contributed by atoms with Crippen molar-refractivity contribution < 1.29 is 23.4 Å². The minimum atomic E-state index is -0.831. The van der Waals surface area contributed by atoms with Crippen LogP contribution in [0.1, 0.15) is 53.6 Å². The number of nitrogens with two attached hydrogens (primary N) is 1. The molecule has 3 aromatic carbocycles. The molecular weight excluding hydrogens is 447 g/mol. The molecule has 0 aliphatic carbocycles. The zero-order chi connectivity index (χ0) is 24.8. The second kappa shape index (κ2) is 10.7. The predicted molar refractivity (Wildman–Crippen MR) is 129 cm³/mol. The Labute approximate surface area is 203 Å². The number of nitrogens with zero attached hydrogens (tertiary/aromatic N) is 1. The number of esters is 1. The lowest BCUT2D eigenvalue weighted by Gasteiger charge is -2.28. The van der Waals surface area contributed by atoms with Crippen LogP contribution in [-0.2, 0) is 0 Å². The van der Waals surface area contributed by atoms with Crippen LogP contribution in [0.25, 0.3) is 0 Å². The molecule has 1 aliphatic heterocycles. The summed E-state index contributed by atoms with van der Waals surface area (Å²) in [6, 6.07) is 20.1. The van der Waals surface area contributed by atoms with Crippen molar-refractivity contribution in [3.63, 3.8) is 0 Å². The number of carbonyl (C=O) groups excluding carboxylic acids is 1. The maximum atomic E-state index is 14.0. The zero-order valence-corrected chi connectivity index (χ0v) is 19.3. The maximum Gasteiger partial charge on any atom is 0.346 e. The fourth-order valence-electron chi connectivity index (χ4n) is 3.99. The molecule has 1 unspecified atom stereocenters. The molecule has 2 N–H and O–H groups in total. The molecule has 3 aromatic rings. The van der Waals surface area contributed by atoms with E-state index in [1.165, 1.54) is 24.3 Å². The Morgan fingerprint density at radius 1 is 1.09 bits per heavy atom. The third-order valence-corrected chi connectivity index (χ3v) is 5.73. The molecule has 0 fully saturated rings. The number of rotatable bonds is 8. The Kier molecular flexibility index (Phi) is 7.32. The van der Waals surface area contributed by atoms with E-state index in [1.54, 1.807) is 18.2 Å². The lowest BCUT2D eigenvalue weighted by atomic mass is 9.83. The highest BCUT2D eigenvalue weighted by atomic mass is 19.1. The average Bonchev–Trinajstić information content (AvgIpc) is 2.86. The molecule has 0 bridgehead atoms. The summed E-state index contributed by atoms with van der Waals surface area (Å²) in [7, 11) is 0. The predicted octanol–water partition coefficient (Wildman–Crippen LogP) is 5.83. The Bertz CT molecular complexity index is 1310. The molecule has 0 aromatic heterocycles. The number of carbonyl (C=O) groups is 1. The highest BCUT2D eigenvalue weighted by Gasteiger charge is 2.33. The molecule has 0 saturated heterocycles. The third-order valence-electron chi connectivity index (χ3n) is 5.73. The topological polar surface area (TPSA) is 94.6 Å². The van der Waals surface area contributed by atoms with Crippen molar-refractivity contribution >= 4 is 5.97 Å². The van der Waals surface area contributed by atoms with Crippen molar-refractivity contribution in [2.75, 3.05) is 6.61 Å².